The molecule has 0 radical (unpaired) electrons. The zero-order valence-electron chi connectivity index (χ0n) is 12.8. The van der Waals surface area contributed by atoms with Gasteiger partial charge in [-0.25, -0.2) is 0 Å². The topological polar surface area (TPSA) is 95.0 Å². The summed E-state index contributed by atoms with van der Waals surface area (Å²) in [5.74, 6) is -1.67. The molecule has 22 heavy (non-hydrogen) atoms. The summed E-state index contributed by atoms with van der Waals surface area (Å²) in [6.07, 6.45) is 1.21. The normalized spacial score (nSPS) is 15.6. The van der Waals surface area contributed by atoms with Gasteiger partial charge in [-0.1, -0.05) is 0 Å². The van der Waals surface area contributed by atoms with Crippen molar-refractivity contribution < 1.29 is 28.9 Å². The summed E-state index contributed by atoms with van der Waals surface area (Å²) in [5.41, 5.74) is 2.24. The van der Waals surface area contributed by atoms with Gasteiger partial charge >= 0.3 is 11.9 Å². The number of carboxylic acid groups (broad SMARTS) is 1. The molecule has 1 aromatic rings. The van der Waals surface area contributed by atoms with Gasteiger partial charge in [0.2, 0.25) is 5.79 Å². The van der Waals surface area contributed by atoms with Crippen molar-refractivity contribution >= 4 is 11.9 Å². The van der Waals surface area contributed by atoms with Crippen molar-refractivity contribution in [2.45, 2.75) is 52.6 Å². The summed E-state index contributed by atoms with van der Waals surface area (Å²) in [6.45, 7) is 5.82. The summed E-state index contributed by atoms with van der Waals surface area (Å²) in [7, 11) is 0. The molecular formula is C15H19NO6. The molecule has 0 aromatic carbocycles. The first-order valence-electron chi connectivity index (χ1n) is 6.96. The second-order valence-electron chi connectivity index (χ2n) is 5.52. The van der Waals surface area contributed by atoms with E-state index in [0.717, 1.165) is 11.3 Å². The van der Waals surface area contributed by atoms with Gasteiger partial charge in [-0.15, -0.1) is 0 Å². The minimum atomic E-state index is -1.03. The standard InChI is InChI=1S/C15H19NO6/c1-9-14-11(8-21-15(2,3)22-14)10(6-16-9)7-20-13(19)5-4-12(17)18/h6H,4-5,7-8H2,1-3H3,(H,17,18). The molecule has 0 aliphatic carbocycles. The molecule has 7 heteroatoms. The van der Waals surface area contributed by atoms with Gasteiger partial charge in [-0.3, -0.25) is 14.6 Å². The highest BCUT2D eigenvalue weighted by Gasteiger charge is 2.30. The van der Waals surface area contributed by atoms with Gasteiger partial charge < -0.3 is 19.3 Å². The van der Waals surface area contributed by atoms with Gasteiger partial charge in [0.25, 0.3) is 0 Å². The van der Waals surface area contributed by atoms with Crippen LogP contribution in [0.25, 0.3) is 0 Å². The van der Waals surface area contributed by atoms with Gasteiger partial charge in [0.1, 0.15) is 12.4 Å². The third-order valence-corrected chi connectivity index (χ3v) is 3.25. The minimum Gasteiger partial charge on any atom is -0.481 e. The van der Waals surface area contributed by atoms with Crippen LogP contribution < -0.4 is 4.74 Å². The van der Waals surface area contributed by atoms with Crippen LogP contribution in [-0.2, 0) is 32.3 Å². The summed E-state index contributed by atoms with van der Waals surface area (Å²) in [5, 5.41) is 8.53. The molecule has 1 aromatic heterocycles. The Labute approximate surface area is 128 Å². The third-order valence-electron chi connectivity index (χ3n) is 3.25. The molecule has 0 saturated heterocycles. The fourth-order valence-corrected chi connectivity index (χ4v) is 2.05. The van der Waals surface area contributed by atoms with Crippen molar-refractivity contribution in [2.75, 3.05) is 0 Å². The molecule has 0 amide bonds. The predicted molar refractivity (Wildman–Crippen MR) is 75.1 cm³/mol. The first kappa shape index (κ1) is 16.2. The number of hydrogen-bond donors (Lipinski definition) is 1. The zero-order chi connectivity index (χ0) is 16.3. The van der Waals surface area contributed by atoms with Crippen molar-refractivity contribution in [1.82, 2.24) is 4.98 Å². The van der Waals surface area contributed by atoms with Crippen LogP contribution in [0, 0.1) is 6.92 Å². The van der Waals surface area contributed by atoms with Crippen molar-refractivity contribution in [3.63, 3.8) is 0 Å². The summed E-state index contributed by atoms with van der Waals surface area (Å²) < 4.78 is 16.5. The van der Waals surface area contributed by atoms with Gasteiger partial charge in [-0.05, 0) is 6.92 Å². The fourth-order valence-electron chi connectivity index (χ4n) is 2.05. The molecule has 7 nitrogen and oxygen atoms in total. The van der Waals surface area contributed by atoms with Crippen LogP contribution in [0.4, 0.5) is 0 Å². The highest BCUT2D eigenvalue weighted by Crippen LogP contribution is 2.35. The number of carbonyl (C=O) groups is 2. The van der Waals surface area contributed by atoms with E-state index in [2.05, 4.69) is 4.98 Å². The molecule has 0 fully saturated rings. The van der Waals surface area contributed by atoms with Crippen molar-refractivity contribution in [1.29, 1.82) is 0 Å². The monoisotopic (exact) mass is 309 g/mol. The molecule has 0 atom stereocenters. The number of rotatable bonds is 5. The van der Waals surface area contributed by atoms with E-state index in [1.807, 2.05) is 20.8 Å². The second-order valence-corrected chi connectivity index (χ2v) is 5.52. The molecule has 0 unspecified atom stereocenters. The van der Waals surface area contributed by atoms with E-state index in [0.29, 0.717) is 17.9 Å². The Morgan fingerprint density at radius 2 is 2.14 bits per heavy atom. The highest BCUT2D eigenvalue weighted by atomic mass is 16.7. The molecule has 0 bridgehead atoms. The lowest BCUT2D eigenvalue weighted by molar-refractivity contribution is -0.181. The van der Waals surface area contributed by atoms with Crippen LogP contribution in [-0.4, -0.2) is 27.8 Å². The van der Waals surface area contributed by atoms with E-state index in [4.69, 9.17) is 19.3 Å². The molecule has 1 N–H and O–H groups in total. The molecule has 1 aliphatic heterocycles. The van der Waals surface area contributed by atoms with E-state index in [1.165, 1.54) is 0 Å². The van der Waals surface area contributed by atoms with E-state index in [1.54, 1.807) is 6.20 Å². The summed E-state index contributed by atoms with van der Waals surface area (Å²) in [6, 6.07) is 0. The van der Waals surface area contributed by atoms with Gasteiger partial charge in [-0.2, -0.15) is 0 Å². The first-order valence-corrected chi connectivity index (χ1v) is 6.96. The summed E-state index contributed by atoms with van der Waals surface area (Å²) in [4.78, 5) is 26.2. The van der Waals surface area contributed by atoms with Crippen LogP contribution in [0.5, 0.6) is 5.75 Å². The Kier molecular flexibility index (Phi) is 4.65. The molecule has 120 valence electrons. The average molecular weight is 309 g/mol. The number of aliphatic carboxylic acids is 1. The Hall–Kier alpha value is -2.15. The number of pyridine rings is 1. The lowest BCUT2D eigenvalue weighted by Gasteiger charge is -2.34. The number of nitrogens with zero attached hydrogens (tertiary/aromatic N) is 1. The Balaban J connectivity index is 2.07. The molecule has 2 heterocycles. The fraction of sp³-hybridized carbons (Fsp3) is 0.533. The molecular weight excluding hydrogens is 290 g/mol. The third kappa shape index (κ3) is 3.94. The van der Waals surface area contributed by atoms with E-state index in [9.17, 15) is 9.59 Å². The van der Waals surface area contributed by atoms with Gasteiger partial charge in [0.15, 0.2) is 0 Å². The van der Waals surface area contributed by atoms with Crippen LogP contribution in [0.2, 0.25) is 0 Å². The van der Waals surface area contributed by atoms with E-state index >= 15 is 0 Å². The Bertz CT molecular complexity index is 596. The molecule has 1 aliphatic rings. The maximum Gasteiger partial charge on any atom is 0.306 e. The van der Waals surface area contributed by atoms with Crippen LogP contribution >= 0.6 is 0 Å². The average Bonchev–Trinajstić information content (AvgIpc) is 2.44. The first-order chi connectivity index (χ1) is 10.3. The number of aryl methyl sites for hydroxylation is 1. The molecule has 0 spiro atoms. The van der Waals surface area contributed by atoms with Crippen LogP contribution in [0.15, 0.2) is 6.20 Å². The SMILES string of the molecule is Cc1ncc(COC(=O)CCC(=O)O)c2c1OC(C)(C)OC2. The van der Waals surface area contributed by atoms with Crippen molar-refractivity contribution in [3.05, 3.63) is 23.0 Å². The number of hydrogen-bond acceptors (Lipinski definition) is 6. The Morgan fingerprint density at radius 1 is 1.41 bits per heavy atom. The second kappa shape index (κ2) is 6.31. The highest BCUT2D eigenvalue weighted by molar-refractivity contribution is 5.76. The van der Waals surface area contributed by atoms with Crippen molar-refractivity contribution in [2.24, 2.45) is 0 Å². The van der Waals surface area contributed by atoms with E-state index in [-0.39, 0.29) is 19.4 Å². The largest absolute Gasteiger partial charge is 0.481 e. The Morgan fingerprint density at radius 3 is 2.82 bits per heavy atom. The number of carbonyl (C=O) groups excluding carboxylic acids is 1. The zero-order valence-corrected chi connectivity index (χ0v) is 12.8. The predicted octanol–water partition coefficient (Wildman–Crippen LogP) is 1.94. The van der Waals surface area contributed by atoms with Crippen LogP contribution in [0.1, 0.15) is 43.5 Å². The van der Waals surface area contributed by atoms with Gasteiger partial charge in [0.05, 0.1) is 25.1 Å². The summed E-state index contributed by atoms with van der Waals surface area (Å²) >= 11 is 0. The number of carboxylic acids is 1. The minimum absolute atomic E-state index is 0.0151. The molecule has 0 saturated carbocycles. The lowest BCUT2D eigenvalue weighted by Crippen LogP contribution is -2.36. The van der Waals surface area contributed by atoms with Crippen molar-refractivity contribution in [3.8, 4) is 5.75 Å². The number of aromatic nitrogens is 1. The van der Waals surface area contributed by atoms with E-state index < -0.39 is 17.7 Å². The number of esters is 1. The maximum absolute atomic E-state index is 11.5. The molecule has 2 rings (SSSR count). The van der Waals surface area contributed by atoms with Crippen LogP contribution in [0.3, 0.4) is 0 Å². The quantitative estimate of drug-likeness (QED) is 0.830. The number of fused-ring (bicyclic) bond motifs is 1. The van der Waals surface area contributed by atoms with Gasteiger partial charge in [0, 0.05) is 31.2 Å². The maximum atomic E-state index is 11.5. The lowest BCUT2D eigenvalue weighted by atomic mass is 10.1. The smallest absolute Gasteiger partial charge is 0.306 e. The number of ether oxygens (including phenoxy) is 3.